The van der Waals surface area contributed by atoms with Gasteiger partial charge in [-0.3, -0.25) is 19.3 Å². The van der Waals surface area contributed by atoms with Crippen molar-refractivity contribution in [1.82, 2.24) is 4.57 Å². The molecule has 1 fully saturated rings. The molecule has 1 aliphatic rings. The third-order valence-corrected chi connectivity index (χ3v) is 6.41. The molecular weight excluding hydrogens is 398 g/mol. The van der Waals surface area contributed by atoms with Crippen LogP contribution in [0.2, 0.25) is 0 Å². The zero-order valence-electron chi connectivity index (χ0n) is 17.3. The first-order valence-corrected chi connectivity index (χ1v) is 10.9. The monoisotopic (exact) mass is 421 g/mol. The first-order valence-electron chi connectivity index (χ1n) is 10.0. The van der Waals surface area contributed by atoms with Gasteiger partial charge in [-0.2, -0.15) is 4.99 Å². The third-order valence-electron chi connectivity index (χ3n) is 5.18. The van der Waals surface area contributed by atoms with E-state index >= 15 is 0 Å². The van der Waals surface area contributed by atoms with Gasteiger partial charge in [0.25, 0.3) is 5.91 Å². The van der Waals surface area contributed by atoms with Crippen LogP contribution in [-0.2, 0) is 16.1 Å². The van der Waals surface area contributed by atoms with Gasteiger partial charge >= 0.3 is 0 Å². The second kappa shape index (κ2) is 7.99. The average Bonchev–Trinajstić information content (AvgIpc) is 3.22. The van der Waals surface area contributed by atoms with Crippen LogP contribution in [0.15, 0.2) is 41.4 Å². The summed E-state index contributed by atoms with van der Waals surface area (Å²) in [7, 11) is 0. The van der Waals surface area contributed by atoms with Crippen molar-refractivity contribution in [3.8, 4) is 0 Å². The Labute approximate surface area is 178 Å². The molecule has 0 spiro atoms. The Morgan fingerprint density at radius 3 is 2.37 bits per heavy atom. The number of amides is 3. The molecular formula is C23H23N3O3S. The summed E-state index contributed by atoms with van der Waals surface area (Å²) in [5.74, 6) is -0.757. The van der Waals surface area contributed by atoms with Crippen LogP contribution in [0.4, 0.5) is 5.69 Å². The molecule has 3 aromatic rings. The molecule has 1 aliphatic heterocycles. The lowest BCUT2D eigenvalue weighted by atomic mass is 10.1. The van der Waals surface area contributed by atoms with Crippen LogP contribution >= 0.6 is 11.3 Å². The van der Waals surface area contributed by atoms with E-state index in [0.717, 1.165) is 23.2 Å². The van der Waals surface area contributed by atoms with Crippen LogP contribution in [0.1, 0.15) is 47.7 Å². The van der Waals surface area contributed by atoms with Crippen LogP contribution in [0, 0.1) is 13.8 Å². The van der Waals surface area contributed by atoms with Crippen LogP contribution in [0.25, 0.3) is 10.2 Å². The Hall–Kier alpha value is -3.06. The normalized spacial score (nSPS) is 14.9. The molecule has 0 saturated carbocycles. The van der Waals surface area contributed by atoms with Gasteiger partial charge < -0.3 is 4.57 Å². The molecule has 0 aliphatic carbocycles. The number of aromatic nitrogens is 1. The number of thiazole rings is 1. The lowest BCUT2D eigenvalue weighted by Gasteiger charge is -2.13. The summed E-state index contributed by atoms with van der Waals surface area (Å²) in [6.07, 6.45) is 1.40. The Bertz CT molecular complexity index is 1220. The van der Waals surface area contributed by atoms with Crippen molar-refractivity contribution in [2.45, 2.75) is 46.6 Å². The zero-order valence-corrected chi connectivity index (χ0v) is 18.1. The highest BCUT2D eigenvalue weighted by molar-refractivity contribution is 7.16. The number of benzene rings is 2. The van der Waals surface area contributed by atoms with Crippen molar-refractivity contribution in [1.29, 1.82) is 0 Å². The zero-order chi connectivity index (χ0) is 21.4. The highest BCUT2D eigenvalue weighted by Gasteiger charge is 2.30. The van der Waals surface area contributed by atoms with Gasteiger partial charge in [-0.25, -0.2) is 0 Å². The maximum atomic E-state index is 12.8. The number of hydrogen-bond acceptors (Lipinski definition) is 4. The van der Waals surface area contributed by atoms with Crippen LogP contribution < -0.4 is 9.70 Å². The Morgan fingerprint density at radius 2 is 1.73 bits per heavy atom. The topological polar surface area (TPSA) is 71.7 Å². The van der Waals surface area contributed by atoms with E-state index in [4.69, 9.17) is 0 Å². The average molecular weight is 422 g/mol. The fourth-order valence-corrected chi connectivity index (χ4v) is 4.91. The van der Waals surface area contributed by atoms with Crippen molar-refractivity contribution < 1.29 is 14.4 Å². The van der Waals surface area contributed by atoms with Gasteiger partial charge in [-0.05, 0) is 61.7 Å². The molecule has 0 radical (unpaired) electrons. The van der Waals surface area contributed by atoms with E-state index in [9.17, 15) is 14.4 Å². The van der Waals surface area contributed by atoms with E-state index in [2.05, 4.69) is 42.5 Å². The lowest BCUT2D eigenvalue weighted by Crippen LogP contribution is -2.28. The molecule has 6 nitrogen and oxygen atoms in total. The summed E-state index contributed by atoms with van der Waals surface area (Å²) >= 11 is 1.52. The Kier molecular flexibility index (Phi) is 5.39. The predicted octanol–water partition coefficient (Wildman–Crippen LogP) is 4.12. The SMILES string of the molecule is CCCn1c(=NC(=O)c2ccc(N3C(=O)CCC3=O)cc2)sc2c(C)cc(C)cc21. The second-order valence-corrected chi connectivity index (χ2v) is 8.53. The smallest absolute Gasteiger partial charge is 0.279 e. The van der Waals surface area contributed by atoms with E-state index in [1.54, 1.807) is 24.3 Å². The molecule has 4 rings (SSSR count). The molecule has 30 heavy (non-hydrogen) atoms. The van der Waals surface area contributed by atoms with E-state index in [0.29, 0.717) is 16.1 Å². The molecule has 0 unspecified atom stereocenters. The summed E-state index contributed by atoms with van der Waals surface area (Å²) in [6.45, 7) is 7.03. The number of fused-ring (bicyclic) bond motifs is 1. The number of carbonyl (C=O) groups excluding carboxylic acids is 3. The largest absolute Gasteiger partial charge is 0.316 e. The number of nitrogens with zero attached hydrogens (tertiary/aromatic N) is 3. The summed E-state index contributed by atoms with van der Waals surface area (Å²) in [4.78, 5) is 42.9. The molecule has 0 N–H and O–H groups in total. The minimum atomic E-state index is -0.341. The molecule has 0 bridgehead atoms. The minimum Gasteiger partial charge on any atom is -0.316 e. The number of aryl methyl sites for hydroxylation is 3. The highest BCUT2D eigenvalue weighted by atomic mass is 32.1. The lowest BCUT2D eigenvalue weighted by molar-refractivity contribution is -0.121. The standard InChI is InChI=1S/C23H23N3O3S/c1-4-11-25-18-13-14(2)12-15(3)21(18)30-23(25)24-22(29)16-5-7-17(8-6-16)26-19(27)9-10-20(26)28/h5-8,12-13H,4,9-11H2,1-3H3. The summed E-state index contributed by atoms with van der Waals surface area (Å²) in [6, 6.07) is 10.8. The molecule has 2 heterocycles. The van der Waals surface area contributed by atoms with Gasteiger partial charge in [0.05, 0.1) is 15.9 Å². The summed E-state index contributed by atoms with van der Waals surface area (Å²) in [5, 5.41) is 0. The number of anilines is 1. The number of rotatable bonds is 4. The Morgan fingerprint density at radius 1 is 1.07 bits per heavy atom. The van der Waals surface area contributed by atoms with E-state index in [1.807, 2.05) is 0 Å². The fourth-order valence-electron chi connectivity index (χ4n) is 3.81. The molecule has 3 amide bonds. The van der Waals surface area contributed by atoms with Crippen molar-refractivity contribution in [3.05, 3.63) is 57.9 Å². The first-order chi connectivity index (χ1) is 14.4. The minimum absolute atomic E-state index is 0.208. The van der Waals surface area contributed by atoms with Crippen molar-refractivity contribution in [2.75, 3.05) is 4.90 Å². The highest BCUT2D eigenvalue weighted by Crippen LogP contribution is 2.25. The van der Waals surface area contributed by atoms with Gasteiger partial charge in [0.2, 0.25) is 11.8 Å². The van der Waals surface area contributed by atoms with Crippen LogP contribution in [0.3, 0.4) is 0 Å². The first kappa shape index (κ1) is 20.2. The molecule has 2 aromatic carbocycles. The summed E-state index contributed by atoms with van der Waals surface area (Å²) in [5.41, 5.74) is 4.38. The van der Waals surface area contributed by atoms with Crippen LogP contribution in [0.5, 0.6) is 0 Å². The van der Waals surface area contributed by atoms with E-state index < -0.39 is 0 Å². The van der Waals surface area contributed by atoms with E-state index in [-0.39, 0.29) is 30.6 Å². The molecule has 1 aromatic heterocycles. The van der Waals surface area contributed by atoms with Crippen molar-refractivity contribution >= 4 is 45.0 Å². The molecule has 0 atom stereocenters. The van der Waals surface area contributed by atoms with E-state index in [1.165, 1.54) is 27.4 Å². The quantitative estimate of drug-likeness (QED) is 0.595. The predicted molar refractivity (Wildman–Crippen MR) is 118 cm³/mol. The fraction of sp³-hybridized carbons (Fsp3) is 0.304. The van der Waals surface area contributed by atoms with Crippen LogP contribution in [-0.4, -0.2) is 22.3 Å². The van der Waals surface area contributed by atoms with Gasteiger partial charge in [0.15, 0.2) is 4.80 Å². The summed E-state index contributed by atoms with van der Waals surface area (Å²) < 4.78 is 3.25. The molecule has 154 valence electrons. The number of hydrogen-bond donors (Lipinski definition) is 0. The number of imide groups is 1. The number of carbonyl (C=O) groups is 3. The third kappa shape index (κ3) is 3.61. The molecule has 7 heteroatoms. The Balaban J connectivity index is 1.71. The maximum Gasteiger partial charge on any atom is 0.279 e. The maximum absolute atomic E-state index is 12.8. The van der Waals surface area contributed by atoms with Crippen molar-refractivity contribution in [2.24, 2.45) is 4.99 Å². The van der Waals surface area contributed by atoms with Gasteiger partial charge in [-0.1, -0.05) is 24.3 Å². The van der Waals surface area contributed by atoms with Gasteiger partial charge in [0, 0.05) is 24.9 Å². The second-order valence-electron chi connectivity index (χ2n) is 7.55. The van der Waals surface area contributed by atoms with Gasteiger partial charge in [-0.15, -0.1) is 0 Å². The van der Waals surface area contributed by atoms with Gasteiger partial charge in [0.1, 0.15) is 0 Å². The molecule has 1 saturated heterocycles. The van der Waals surface area contributed by atoms with Crippen molar-refractivity contribution in [3.63, 3.8) is 0 Å².